The number of benzene rings is 2. The number of carbonyl (C=O) groups is 1. The molecule has 0 aliphatic carbocycles. The largest absolute Gasteiger partial charge is 0.481 e. The van der Waals surface area contributed by atoms with Gasteiger partial charge in [-0.3, -0.25) is 9.69 Å². The van der Waals surface area contributed by atoms with Gasteiger partial charge < -0.3 is 5.11 Å². The number of allylic oxidation sites excluding steroid dienone is 1. The van der Waals surface area contributed by atoms with Gasteiger partial charge in [0.15, 0.2) is 0 Å². The van der Waals surface area contributed by atoms with Crippen molar-refractivity contribution >= 4 is 5.97 Å². The average molecular weight is 509 g/mol. The van der Waals surface area contributed by atoms with Crippen molar-refractivity contribution in [1.29, 1.82) is 0 Å². The Morgan fingerprint density at radius 1 is 1.03 bits per heavy atom. The maximum Gasteiger partial charge on any atom is 0.416 e. The molecule has 0 spiro atoms. The van der Waals surface area contributed by atoms with Gasteiger partial charge in [-0.1, -0.05) is 42.7 Å². The summed E-state index contributed by atoms with van der Waals surface area (Å²) < 4.78 is 78.6. The molecule has 3 atom stereocenters. The van der Waals surface area contributed by atoms with E-state index in [4.69, 9.17) is 0 Å². The van der Waals surface area contributed by atoms with Crippen LogP contribution in [-0.4, -0.2) is 22.5 Å². The molecule has 2 aromatic carbocycles. The number of rotatable bonds is 5. The van der Waals surface area contributed by atoms with Crippen LogP contribution in [-0.2, 0) is 17.1 Å². The second-order valence-electron chi connectivity index (χ2n) is 8.93. The van der Waals surface area contributed by atoms with Crippen molar-refractivity contribution in [3.63, 3.8) is 0 Å². The summed E-state index contributed by atoms with van der Waals surface area (Å²) in [5.41, 5.74) is -0.0365. The molecule has 36 heavy (non-hydrogen) atoms. The minimum absolute atomic E-state index is 0.0899. The van der Waals surface area contributed by atoms with Crippen molar-refractivity contribution in [3.05, 3.63) is 82.9 Å². The van der Waals surface area contributed by atoms with Crippen LogP contribution in [0.25, 0.3) is 0 Å². The lowest BCUT2D eigenvalue weighted by atomic mass is 9.83. The van der Waals surface area contributed by atoms with E-state index >= 15 is 0 Å². The predicted octanol–water partition coefficient (Wildman–Crippen LogP) is 7.27. The monoisotopic (exact) mass is 509 g/mol. The molecular weight excluding hydrogens is 484 g/mol. The van der Waals surface area contributed by atoms with Crippen molar-refractivity contribution < 1.29 is 36.2 Å². The lowest BCUT2D eigenvalue weighted by Crippen LogP contribution is -2.39. The second kappa shape index (κ2) is 10.8. The molecule has 0 amide bonds. The third kappa shape index (κ3) is 6.91. The average Bonchev–Trinajstić information content (AvgIpc) is 2.78. The molecule has 1 aliphatic rings. The van der Waals surface area contributed by atoms with Gasteiger partial charge in [0.05, 0.1) is 17.2 Å². The summed E-state index contributed by atoms with van der Waals surface area (Å²) in [5.74, 6) is 4.75. The first-order valence-electron chi connectivity index (χ1n) is 11.2. The molecule has 3 rings (SSSR count). The van der Waals surface area contributed by atoms with Crippen molar-refractivity contribution in [2.24, 2.45) is 5.92 Å². The maximum atomic E-state index is 13.1. The second-order valence-corrected chi connectivity index (χ2v) is 8.93. The lowest BCUT2D eigenvalue weighted by Gasteiger charge is -2.42. The number of halogens is 6. The van der Waals surface area contributed by atoms with Crippen LogP contribution < -0.4 is 0 Å². The normalized spacial score (nSPS) is 19.8. The summed E-state index contributed by atoms with van der Waals surface area (Å²) >= 11 is 0. The minimum Gasteiger partial charge on any atom is -0.481 e. The highest BCUT2D eigenvalue weighted by atomic mass is 19.4. The van der Waals surface area contributed by atoms with Gasteiger partial charge >= 0.3 is 18.3 Å². The Kier molecular flexibility index (Phi) is 8.19. The van der Waals surface area contributed by atoms with Crippen LogP contribution in [0.5, 0.6) is 0 Å². The maximum absolute atomic E-state index is 13.1. The number of nitrogens with zero attached hydrogens (tertiary/aromatic N) is 1. The van der Waals surface area contributed by atoms with Gasteiger partial charge in [0.25, 0.3) is 0 Å². The Balaban J connectivity index is 2.04. The molecule has 0 unspecified atom stereocenters. The minimum atomic E-state index is -4.51. The molecule has 1 heterocycles. The van der Waals surface area contributed by atoms with Crippen LogP contribution in [0.1, 0.15) is 60.5 Å². The third-order valence-electron chi connectivity index (χ3n) is 6.15. The zero-order valence-electron chi connectivity index (χ0n) is 19.5. The number of hydrogen-bond acceptors (Lipinski definition) is 2. The Morgan fingerprint density at radius 2 is 1.56 bits per heavy atom. The van der Waals surface area contributed by atoms with E-state index in [0.29, 0.717) is 36.1 Å². The fourth-order valence-electron chi connectivity index (χ4n) is 4.42. The molecule has 0 saturated carbocycles. The SMILES string of the molecule is C=C(C)C#C[C@@H](c1ccc(C(F)(F)F)cc1)N1CC[C@H](CC(=O)O)C[C@H]1c1ccc(C(F)(F)F)cc1. The van der Waals surface area contributed by atoms with Gasteiger partial charge in [0, 0.05) is 19.0 Å². The zero-order chi connectivity index (χ0) is 26.7. The first-order valence-corrected chi connectivity index (χ1v) is 11.2. The standard InChI is InChI=1S/C27H25F6NO2/c1-17(2)3-12-23(19-4-8-21(9-5-19)26(28,29)30)34-14-13-18(16-25(35)36)15-24(34)20-6-10-22(11-7-20)27(31,32)33/h4-11,18,23-24H,1,13-16H2,2H3,(H,35,36)/t18-,23-,24-/m0/s1. The molecule has 1 saturated heterocycles. The van der Waals surface area contributed by atoms with E-state index in [-0.39, 0.29) is 12.3 Å². The quantitative estimate of drug-likeness (QED) is 0.340. The van der Waals surface area contributed by atoms with Crippen molar-refractivity contribution in [2.75, 3.05) is 6.54 Å². The summed E-state index contributed by atoms with van der Waals surface area (Å²) in [7, 11) is 0. The highest BCUT2D eigenvalue weighted by Crippen LogP contribution is 2.42. The van der Waals surface area contributed by atoms with Gasteiger partial charge in [-0.05, 0) is 66.6 Å². The van der Waals surface area contributed by atoms with Crippen LogP contribution in [0.15, 0.2) is 60.7 Å². The van der Waals surface area contributed by atoms with Crippen LogP contribution in [0, 0.1) is 17.8 Å². The molecule has 0 radical (unpaired) electrons. The molecule has 2 aromatic rings. The van der Waals surface area contributed by atoms with E-state index < -0.39 is 41.5 Å². The molecule has 1 N–H and O–H groups in total. The summed E-state index contributed by atoms with van der Waals surface area (Å²) in [6.45, 7) is 5.80. The summed E-state index contributed by atoms with van der Waals surface area (Å²) in [4.78, 5) is 13.2. The number of aliphatic carboxylic acids is 1. The summed E-state index contributed by atoms with van der Waals surface area (Å²) in [6, 6.07) is 8.12. The first kappa shape index (κ1) is 27.3. The fraction of sp³-hybridized carbons (Fsp3) is 0.370. The predicted molar refractivity (Wildman–Crippen MR) is 123 cm³/mol. The first-order chi connectivity index (χ1) is 16.8. The van der Waals surface area contributed by atoms with E-state index in [1.807, 2.05) is 4.90 Å². The van der Waals surface area contributed by atoms with Gasteiger partial charge in [-0.15, -0.1) is 0 Å². The fourth-order valence-corrected chi connectivity index (χ4v) is 4.42. The topological polar surface area (TPSA) is 40.5 Å². The number of hydrogen-bond donors (Lipinski definition) is 1. The molecule has 0 bridgehead atoms. The lowest BCUT2D eigenvalue weighted by molar-refractivity contribution is -0.139. The number of carboxylic acid groups (broad SMARTS) is 1. The highest BCUT2D eigenvalue weighted by Gasteiger charge is 2.37. The number of carboxylic acids is 1. The molecule has 0 aromatic heterocycles. The Bertz CT molecular complexity index is 1140. The number of likely N-dealkylation sites (tertiary alicyclic amines) is 1. The Labute approximate surface area is 205 Å². The van der Waals surface area contributed by atoms with E-state index in [2.05, 4.69) is 18.4 Å². The Morgan fingerprint density at radius 3 is 2.03 bits per heavy atom. The number of piperidine rings is 1. The summed E-state index contributed by atoms with van der Waals surface area (Å²) in [5, 5.41) is 9.28. The molecule has 1 aliphatic heterocycles. The van der Waals surface area contributed by atoms with Gasteiger partial charge in [0.2, 0.25) is 0 Å². The van der Waals surface area contributed by atoms with Crippen molar-refractivity contribution in [1.82, 2.24) is 4.90 Å². The zero-order valence-corrected chi connectivity index (χ0v) is 19.5. The van der Waals surface area contributed by atoms with Crippen LogP contribution in [0.2, 0.25) is 0 Å². The van der Waals surface area contributed by atoms with E-state index in [1.165, 1.54) is 24.3 Å². The third-order valence-corrected chi connectivity index (χ3v) is 6.15. The summed E-state index contributed by atoms with van der Waals surface area (Å²) in [6.07, 6.45) is -8.26. The van der Waals surface area contributed by atoms with Gasteiger partial charge in [-0.25, -0.2) is 0 Å². The molecule has 3 nitrogen and oxygen atoms in total. The molecule has 1 fully saturated rings. The van der Waals surface area contributed by atoms with Crippen molar-refractivity contribution in [2.45, 2.75) is 50.6 Å². The van der Waals surface area contributed by atoms with Crippen LogP contribution in [0.4, 0.5) is 26.3 Å². The van der Waals surface area contributed by atoms with E-state index in [0.717, 1.165) is 24.3 Å². The number of alkyl halides is 6. The van der Waals surface area contributed by atoms with E-state index in [1.54, 1.807) is 6.92 Å². The van der Waals surface area contributed by atoms with E-state index in [9.17, 15) is 36.2 Å². The highest BCUT2D eigenvalue weighted by molar-refractivity contribution is 5.67. The van der Waals surface area contributed by atoms with Crippen LogP contribution >= 0.6 is 0 Å². The van der Waals surface area contributed by atoms with Gasteiger partial charge in [0.1, 0.15) is 0 Å². The Hall–Kier alpha value is -3.25. The molecule has 9 heteroatoms. The molecular formula is C27H25F6NO2. The van der Waals surface area contributed by atoms with Gasteiger partial charge in [-0.2, -0.15) is 26.3 Å². The smallest absolute Gasteiger partial charge is 0.416 e. The molecule has 192 valence electrons. The van der Waals surface area contributed by atoms with Crippen molar-refractivity contribution in [3.8, 4) is 11.8 Å². The van der Waals surface area contributed by atoms with Crippen LogP contribution in [0.3, 0.4) is 0 Å².